The fourth-order valence-corrected chi connectivity index (χ4v) is 6.71. The highest BCUT2D eigenvalue weighted by Gasteiger charge is 2.37. The molecule has 0 amide bonds. The van der Waals surface area contributed by atoms with E-state index in [4.69, 9.17) is 10.00 Å². The molecule has 1 saturated carbocycles. The van der Waals surface area contributed by atoms with Gasteiger partial charge in [-0.1, -0.05) is 12.1 Å². The summed E-state index contributed by atoms with van der Waals surface area (Å²) in [4.78, 5) is 16.1. The minimum Gasteiger partial charge on any atom is -0.462 e. The highest BCUT2D eigenvalue weighted by atomic mass is 19.1. The van der Waals surface area contributed by atoms with Crippen LogP contribution < -0.4 is 4.90 Å². The highest BCUT2D eigenvalue weighted by Crippen LogP contribution is 2.39. The molecule has 3 fully saturated rings. The second kappa shape index (κ2) is 11.5. The minimum atomic E-state index is -0.253. The minimum absolute atomic E-state index is 0.0113. The molecule has 2 heterocycles. The van der Waals surface area contributed by atoms with Crippen molar-refractivity contribution in [2.24, 2.45) is 11.8 Å². The average Bonchev–Trinajstić information content (AvgIpc) is 3.32. The molecule has 2 saturated heterocycles. The van der Waals surface area contributed by atoms with Gasteiger partial charge in [0.25, 0.3) is 0 Å². The van der Waals surface area contributed by atoms with Crippen molar-refractivity contribution in [3.05, 3.63) is 65.0 Å². The molecule has 1 aliphatic carbocycles. The molecule has 2 aromatic carbocycles. The molecule has 3 aliphatic rings. The lowest BCUT2D eigenvalue weighted by Crippen LogP contribution is -2.54. The summed E-state index contributed by atoms with van der Waals surface area (Å²) >= 11 is 0. The Balaban J connectivity index is 1.21. The maximum Gasteiger partial charge on any atom is 0.302 e. The van der Waals surface area contributed by atoms with E-state index >= 15 is 4.39 Å². The van der Waals surface area contributed by atoms with E-state index in [0.29, 0.717) is 24.3 Å². The van der Waals surface area contributed by atoms with Gasteiger partial charge in [-0.3, -0.25) is 9.69 Å². The van der Waals surface area contributed by atoms with Crippen LogP contribution in [0.2, 0.25) is 0 Å². The van der Waals surface area contributed by atoms with E-state index in [-0.39, 0.29) is 35.8 Å². The fourth-order valence-electron chi connectivity index (χ4n) is 6.71. The first kappa shape index (κ1) is 26.2. The van der Waals surface area contributed by atoms with E-state index < -0.39 is 0 Å². The summed E-state index contributed by atoms with van der Waals surface area (Å²) < 4.78 is 20.8. The number of rotatable bonds is 7. The summed E-state index contributed by atoms with van der Waals surface area (Å²) in [6.45, 7) is 4.98. The predicted molar refractivity (Wildman–Crippen MR) is 143 cm³/mol. The quantitative estimate of drug-likeness (QED) is 0.474. The van der Waals surface area contributed by atoms with Gasteiger partial charge in [-0.15, -0.1) is 0 Å². The zero-order valence-electron chi connectivity index (χ0n) is 22.0. The Bertz CT molecular complexity index is 1230. The number of hydrogen-bond donors (Lipinski definition) is 0. The molecule has 0 aromatic heterocycles. The Kier molecular flexibility index (Phi) is 7.95. The summed E-state index contributed by atoms with van der Waals surface area (Å²) in [7, 11) is 0. The van der Waals surface area contributed by atoms with Crippen molar-refractivity contribution in [3.63, 3.8) is 0 Å². The van der Waals surface area contributed by atoms with Crippen molar-refractivity contribution < 1.29 is 13.9 Å². The van der Waals surface area contributed by atoms with Gasteiger partial charge in [-0.2, -0.15) is 10.5 Å². The van der Waals surface area contributed by atoms with E-state index in [1.807, 2.05) is 30.3 Å². The van der Waals surface area contributed by atoms with Crippen molar-refractivity contribution in [1.29, 1.82) is 10.5 Å². The van der Waals surface area contributed by atoms with Gasteiger partial charge in [0.15, 0.2) is 0 Å². The zero-order chi connectivity index (χ0) is 26.6. The topological polar surface area (TPSA) is 80.4 Å². The number of nitrogens with zero attached hydrogens (tertiary/aromatic N) is 4. The van der Waals surface area contributed by atoms with Gasteiger partial charge in [0.05, 0.1) is 23.7 Å². The number of carbonyl (C=O) groups is 1. The van der Waals surface area contributed by atoms with Crippen molar-refractivity contribution in [3.8, 4) is 12.1 Å². The monoisotopic (exact) mass is 514 g/mol. The normalized spacial score (nSPS) is 25.8. The van der Waals surface area contributed by atoms with Gasteiger partial charge in [0, 0.05) is 38.2 Å². The molecule has 5 rings (SSSR count). The van der Waals surface area contributed by atoms with Crippen LogP contribution in [-0.4, -0.2) is 49.2 Å². The SMILES string of the molecule is CC(=O)OC1CCCC1Cc1cccc(F)c1C1CCN(CC2CN(c3ccc(C#N)cc3)C2)C(C#N)C1. The number of esters is 1. The highest BCUT2D eigenvalue weighted by molar-refractivity contribution is 5.66. The van der Waals surface area contributed by atoms with Gasteiger partial charge in [0.1, 0.15) is 11.9 Å². The molecule has 2 aliphatic heterocycles. The maximum absolute atomic E-state index is 15.3. The number of halogens is 1. The Morgan fingerprint density at radius 3 is 2.61 bits per heavy atom. The lowest BCUT2D eigenvalue weighted by molar-refractivity contribution is -0.148. The van der Waals surface area contributed by atoms with Crippen molar-refractivity contribution in [1.82, 2.24) is 4.90 Å². The molecule has 0 N–H and O–H groups in total. The summed E-state index contributed by atoms with van der Waals surface area (Å²) in [5.41, 5.74) is 3.55. The van der Waals surface area contributed by atoms with Gasteiger partial charge in [-0.05, 0) is 98.4 Å². The lowest BCUT2D eigenvalue weighted by Gasteiger charge is -2.45. The molecule has 0 bridgehead atoms. The number of nitriles is 2. The molecule has 4 atom stereocenters. The molecular weight excluding hydrogens is 479 g/mol. The van der Waals surface area contributed by atoms with Crippen LogP contribution in [0.4, 0.5) is 10.1 Å². The second-order valence-corrected chi connectivity index (χ2v) is 11.1. The number of piperidine rings is 1. The molecule has 198 valence electrons. The first-order chi connectivity index (χ1) is 18.4. The van der Waals surface area contributed by atoms with E-state index in [9.17, 15) is 10.1 Å². The van der Waals surface area contributed by atoms with Crippen LogP contribution in [0.1, 0.15) is 61.6 Å². The second-order valence-electron chi connectivity index (χ2n) is 11.1. The van der Waals surface area contributed by atoms with Gasteiger partial charge in [-0.25, -0.2) is 4.39 Å². The van der Waals surface area contributed by atoms with Crippen LogP contribution in [0.5, 0.6) is 0 Å². The summed E-state index contributed by atoms with van der Waals surface area (Å²) in [6, 6.07) is 17.4. The van der Waals surface area contributed by atoms with Crippen LogP contribution in [0, 0.1) is 40.3 Å². The molecule has 0 spiro atoms. The smallest absolute Gasteiger partial charge is 0.302 e. The number of hydrogen-bond acceptors (Lipinski definition) is 6. The molecule has 0 radical (unpaired) electrons. The third kappa shape index (κ3) is 5.69. The standard InChI is InChI=1S/C31H35FN4O2/c1-21(37)38-30-7-3-4-24(30)14-25-5-2-6-29(32)31(25)26-12-13-35(28(15-26)17-34)18-23-19-36(20-23)27-10-8-22(16-33)9-11-27/h2,5-6,8-11,23-24,26,28,30H,3-4,7,12-15,18-20H2,1H3. The van der Waals surface area contributed by atoms with Crippen molar-refractivity contribution in [2.75, 3.05) is 31.1 Å². The fraction of sp³-hybridized carbons (Fsp3) is 0.516. The third-order valence-corrected chi connectivity index (χ3v) is 8.61. The number of ether oxygens (including phenoxy) is 1. The molecular formula is C31H35FN4O2. The Morgan fingerprint density at radius 2 is 1.89 bits per heavy atom. The van der Waals surface area contributed by atoms with Crippen LogP contribution in [0.3, 0.4) is 0 Å². The summed E-state index contributed by atoms with van der Waals surface area (Å²) in [6.07, 6.45) is 4.94. The molecule has 38 heavy (non-hydrogen) atoms. The first-order valence-electron chi connectivity index (χ1n) is 13.8. The summed E-state index contributed by atoms with van der Waals surface area (Å²) in [5.74, 6) is 0.276. The van der Waals surface area contributed by atoms with E-state index in [2.05, 4.69) is 21.9 Å². The third-order valence-electron chi connectivity index (χ3n) is 8.61. The average molecular weight is 515 g/mol. The maximum atomic E-state index is 15.3. The summed E-state index contributed by atoms with van der Waals surface area (Å²) in [5, 5.41) is 19.0. The zero-order valence-corrected chi connectivity index (χ0v) is 22.0. The lowest BCUT2D eigenvalue weighted by atomic mass is 9.80. The van der Waals surface area contributed by atoms with Gasteiger partial charge < -0.3 is 9.64 Å². The van der Waals surface area contributed by atoms with Crippen molar-refractivity contribution in [2.45, 2.75) is 63.5 Å². The molecule has 7 heteroatoms. The van der Waals surface area contributed by atoms with Crippen LogP contribution >= 0.6 is 0 Å². The number of anilines is 1. The van der Waals surface area contributed by atoms with Gasteiger partial charge in [0.2, 0.25) is 0 Å². The molecule has 6 nitrogen and oxygen atoms in total. The predicted octanol–water partition coefficient (Wildman–Crippen LogP) is 5.18. The van der Waals surface area contributed by atoms with Crippen LogP contribution in [0.15, 0.2) is 42.5 Å². The Labute approximate surface area is 224 Å². The Morgan fingerprint density at radius 1 is 1.11 bits per heavy atom. The Hall–Kier alpha value is -3.42. The van der Waals surface area contributed by atoms with Gasteiger partial charge >= 0.3 is 5.97 Å². The number of benzene rings is 2. The first-order valence-corrected chi connectivity index (χ1v) is 13.8. The molecule has 4 unspecified atom stereocenters. The van der Waals surface area contributed by atoms with Crippen LogP contribution in [-0.2, 0) is 16.0 Å². The van der Waals surface area contributed by atoms with Crippen molar-refractivity contribution >= 4 is 11.7 Å². The van der Waals surface area contributed by atoms with E-state index in [0.717, 1.165) is 68.7 Å². The van der Waals surface area contributed by atoms with Crippen LogP contribution in [0.25, 0.3) is 0 Å². The number of likely N-dealkylation sites (tertiary alicyclic amines) is 1. The van der Waals surface area contributed by atoms with E-state index in [1.165, 1.54) is 13.0 Å². The number of carbonyl (C=O) groups excluding carboxylic acids is 1. The molecule has 2 aromatic rings. The largest absolute Gasteiger partial charge is 0.462 e. The van der Waals surface area contributed by atoms with E-state index in [1.54, 1.807) is 6.07 Å².